The lowest BCUT2D eigenvalue weighted by Crippen LogP contribution is -2.42. The quantitative estimate of drug-likeness (QED) is 0.883. The van der Waals surface area contributed by atoms with Gasteiger partial charge < -0.3 is 14.8 Å². The summed E-state index contributed by atoms with van der Waals surface area (Å²) in [6.07, 6.45) is -3.87. The molecule has 0 aliphatic carbocycles. The van der Waals surface area contributed by atoms with Crippen LogP contribution in [-0.4, -0.2) is 26.1 Å². The van der Waals surface area contributed by atoms with Crippen LogP contribution in [0.4, 0.5) is 13.2 Å². The Morgan fingerprint density at radius 1 is 1.17 bits per heavy atom. The number of hydrogen-bond acceptors (Lipinski definition) is 3. The first-order chi connectivity index (χ1) is 8.54. The van der Waals surface area contributed by atoms with Crippen LogP contribution in [0.15, 0.2) is 24.3 Å². The second kappa shape index (κ2) is 5.48. The molecule has 1 aromatic rings. The van der Waals surface area contributed by atoms with Gasteiger partial charge in [-0.1, -0.05) is 12.1 Å². The van der Waals surface area contributed by atoms with Crippen molar-refractivity contribution in [1.82, 2.24) is 5.32 Å². The van der Waals surface area contributed by atoms with Crippen molar-refractivity contribution < 1.29 is 22.6 Å². The van der Waals surface area contributed by atoms with E-state index in [-0.39, 0.29) is 11.5 Å². The molecule has 1 aliphatic rings. The molecule has 1 aromatic carbocycles. The summed E-state index contributed by atoms with van der Waals surface area (Å²) < 4.78 is 45.7. The van der Waals surface area contributed by atoms with Crippen molar-refractivity contribution in [2.45, 2.75) is 12.8 Å². The summed E-state index contributed by atoms with van der Waals surface area (Å²) in [6.45, 7) is 2.29. The molecule has 0 unspecified atom stereocenters. The highest BCUT2D eigenvalue weighted by Crippen LogP contribution is 2.31. The molecule has 1 aliphatic heterocycles. The van der Waals surface area contributed by atoms with Gasteiger partial charge in [0.25, 0.3) is 0 Å². The minimum Gasteiger partial charge on any atom is -0.490 e. The molecule has 2 rings (SSSR count). The maximum atomic E-state index is 12.1. The van der Waals surface area contributed by atoms with E-state index in [9.17, 15) is 13.2 Å². The van der Waals surface area contributed by atoms with Crippen LogP contribution in [0.5, 0.6) is 11.5 Å². The summed E-state index contributed by atoms with van der Waals surface area (Å²) in [5.74, 6) is 0.388. The van der Waals surface area contributed by atoms with E-state index in [1.807, 2.05) is 0 Å². The van der Waals surface area contributed by atoms with Crippen molar-refractivity contribution in [2.24, 2.45) is 5.92 Å². The predicted molar refractivity (Wildman–Crippen MR) is 59.6 cm³/mol. The molecule has 1 saturated heterocycles. The number of alkyl halides is 3. The third-order valence-electron chi connectivity index (χ3n) is 2.72. The molecule has 0 aromatic heterocycles. The molecule has 0 radical (unpaired) electrons. The van der Waals surface area contributed by atoms with Crippen LogP contribution in [0.1, 0.15) is 6.42 Å². The van der Waals surface area contributed by atoms with Gasteiger partial charge in [0, 0.05) is 0 Å². The SMILES string of the molecule is FC(F)(F)Oc1ccccc1OCCC1CNC1. The number of halogens is 3. The van der Waals surface area contributed by atoms with Crippen LogP contribution in [0.25, 0.3) is 0 Å². The zero-order valence-corrected chi connectivity index (χ0v) is 9.67. The van der Waals surface area contributed by atoms with Crippen molar-refractivity contribution in [2.75, 3.05) is 19.7 Å². The molecule has 18 heavy (non-hydrogen) atoms. The average Bonchev–Trinajstić information content (AvgIpc) is 2.22. The molecule has 0 amide bonds. The van der Waals surface area contributed by atoms with E-state index >= 15 is 0 Å². The lowest BCUT2D eigenvalue weighted by molar-refractivity contribution is -0.275. The Kier molecular flexibility index (Phi) is 3.96. The Morgan fingerprint density at radius 3 is 2.39 bits per heavy atom. The fourth-order valence-electron chi connectivity index (χ4n) is 1.67. The summed E-state index contributed by atoms with van der Waals surface area (Å²) in [4.78, 5) is 0. The molecule has 0 atom stereocenters. The van der Waals surface area contributed by atoms with Gasteiger partial charge in [-0.15, -0.1) is 13.2 Å². The first-order valence-electron chi connectivity index (χ1n) is 5.73. The van der Waals surface area contributed by atoms with Crippen molar-refractivity contribution in [1.29, 1.82) is 0 Å². The van der Waals surface area contributed by atoms with Gasteiger partial charge in [0.1, 0.15) is 0 Å². The molecule has 0 spiro atoms. The third-order valence-corrected chi connectivity index (χ3v) is 2.72. The number of rotatable bonds is 5. The number of ether oxygens (including phenoxy) is 2. The molecule has 100 valence electrons. The molecular formula is C12H14F3NO2. The van der Waals surface area contributed by atoms with Gasteiger partial charge in [-0.05, 0) is 37.6 Å². The molecule has 3 nitrogen and oxygen atoms in total. The summed E-state index contributed by atoms with van der Waals surface area (Å²) in [5, 5.41) is 3.12. The van der Waals surface area contributed by atoms with E-state index < -0.39 is 6.36 Å². The smallest absolute Gasteiger partial charge is 0.490 e. The molecule has 1 N–H and O–H groups in total. The monoisotopic (exact) mass is 261 g/mol. The summed E-state index contributed by atoms with van der Waals surface area (Å²) in [5.41, 5.74) is 0. The Labute approximate surface area is 103 Å². The summed E-state index contributed by atoms with van der Waals surface area (Å²) >= 11 is 0. The Hall–Kier alpha value is -1.43. The zero-order valence-electron chi connectivity index (χ0n) is 9.67. The van der Waals surface area contributed by atoms with Gasteiger partial charge in [0.2, 0.25) is 0 Å². The molecule has 1 fully saturated rings. The Balaban J connectivity index is 1.89. The minimum absolute atomic E-state index is 0.127. The van der Waals surface area contributed by atoms with Gasteiger partial charge >= 0.3 is 6.36 Å². The fraction of sp³-hybridized carbons (Fsp3) is 0.500. The fourth-order valence-corrected chi connectivity index (χ4v) is 1.67. The number of hydrogen-bond donors (Lipinski definition) is 1. The second-order valence-corrected chi connectivity index (χ2v) is 4.16. The first-order valence-corrected chi connectivity index (χ1v) is 5.73. The molecule has 0 saturated carbocycles. The maximum Gasteiger partial charge on any atom is 0.573 e. The van der Waals surface area contributed by atoms with Gasteiger partial charge in [0.15, 0.2) is 11.5 Å². The third kappa shape index (κ3) is 3.80. The standard InChI is InChI=1S/C12H14F3NO2/c13-12(14,15)18-11-4-2-1-3-10(11)17-6-5-9-7-16-8-9/h1-4,9,16H,5-8H2. The van der Waals surface area contributed by atoms with Crippen LogP contribution in [0.3, 0.4) is 0 Å². The van der Waals surface area contributed by atoms with E-state index in [0.29, 0.717) is 12.5 Å². The Morgan fingerprint density at radius 2 is 1.83 bits per heavy atom. The van der Waals surface area contributed by atoms with Crippen LogP contribution in [0.2, 0.25) is 0 Å². The van der Waals surface area contributed by atoms with Gasteiger partial charge in [-0.2, -0.15) is 0 Å². The van der Waals surface area contributed by atoms with E-state index in [2.05, 4.69) is 10.1 Å². The molecule has 1 heterocycles. The van der Waals surface area contributed by atoms with Crippen LogP contribution < -0.4 is 14.8 Å². The Bertz CT molecular complexity index is 391. The number of nitrogens with one attached hydrogen (secondary N) is 1. The predicted octanol–water partition coefficient (Wildman–Crippen LogP) is 2.57. The van der Waals surface area contributed by atoms with Crippen LogP contribution in [-0.2, 0) is 0 Å². The maximum absolute atomic E-state index is 12.1. The van der Waals surface area contributed by atoms with Gasteiger partial charge in [0.05, 0.1) is 6.61 Å². The zero-order chi connectivity index (χ0) is 13.0. The lowest BCUT2D eigenvalue weighted by Gasteiger charge is -2.26. The van der Waals surface area contributed by atoms with E-state index in [1.54, 1.807) is 6.07 Å². The average molecular weight is 261 g/mol. The van der Waals surface area contributed by atoms with Crippen molar-refractivity contribution >= 4 is 0 Å². The molecule has 6 heteroatoms. The van der Waals surface area contributed by atoms with Crippen LogP contribution in [0, 0.1) is 5.92 Å². The van der Waals surface area contributed by atoms with Crippen molar-refractivity contribution in [3.8, 4) is 11.5 Å². The number of benzene rings is 1. The molecule has 0 bridgehead atoms. The second-order valence-electron chi connectivity index (χ2n) is 4.16. The summed E-state index contributed by atoms with van der Waals surface area (Å²) in [6, 6.07) is 5.81. The van der Waals surface area contributed by atoms with Crippen molar-refractivity contribution in [3.05, 3.63) is 24.3 Å². The largest absolute Gasteiger partial charge is 0.573 e. The van der Waals surface area contributed by atoms with Gasteiger partial charge in [-0.3, -0.25) is 0 Å². The normalized spacial score (nSPS) is 16.2. The lowest BCUT2D eigenvalue weighted by atomic mass is 10.0. The first kappa shape index (κ1) is 13.0. The minimum atomic E-state index is -4.70. The van der Waals surface area contributed by atoms with E-state index in [1.165, 1.54) is 18.2 Å². The number of para-hydroxylation sites is 2. The topological polar surface area (TPSA) is 30.5 Å². The van der Waals surface area contributed by atoms with E-state index in [0.717, 1.165) is 19.5 Å². The van der Waals surface area contributed by atoms with Crippen molar-refractivity contribution in [3.63, 3.8) is 0 Å². The highest BCUT2D eigenvalue weighted by molar-refractivity contribution is 5.39. The highest BCUT2D eigenvalue weighted by Gasteiger charge is 2.32. The van der Waals surface area contributed by atoms with Crippen LogP contribution >= 0.6 is 0 Å². The molecular weight excluding hydrogens is 247 g/mol. The van der Waals surface area contributed by atoms with Gasteiger partial charge in [-0.25, -0.2) is 0 Å². The highest BCUT2D eigenvalue weighted by atomic mass is 19.4. The summed E-state index contributed by atoms with van der Waals surface area (Å²) in [7, 11) is 0. The van der Waals surface area contributed by atoms with E-state index in [4.69, 9.17) is 4.74 Å².